The summed E-state index contributed by atoms with van der Waals surface area (Å²) in [5, 5.41) is 12.7. The molecule has 0 bridgehead atoms. The van der Waals surface area contributed by atoms with E-state index < -0.39 is 9.84 Å². The molecule has 3 unspecified atom stereocenters. The third-order valence-electron chi connectivity index (χ3n) is 4.09. The molecule has 2 rings (SSSR count). The van der Waals surface area contributed by atoms with Gasteiger partial charge in [0.25, 0.3) is 0 Å². The van der Waals surface area contributed by atoms with Gasteiger partial charge in [0.15, 0.2) is 9.84 Å². The van der Waals surface area contributed by atoms with Crippen molar-refractivity contribution in [3.63, 3.8) is 0 Å². The summed E-state index contributed by atoms with van der Waals surface area (Å²) in [6, 6.07) is 2.64. The molecule has 1 saturated carbocycles. The normalized spacial score (nSPS) is 36.5. The summed E-state index contributed by atoms with van der Waals surface area (Å²) in [6.45, 7) is 0. The number of hydrogen-bond donors (Lipinski definition) is 1. The van der Waals surface area contributed by atoms with Crippen molar-refractivity contribution in [1.82, 2.24) is 5.32 Å². The third-order valence-corrected chi connectivity index (χ3v) is 5.92. The highest BCUT2D eigenvalue weighted by Crippen LogP contribution is 2.24. The van der Waals surface area contributed by atoms with E-state index in [1.54, 1.807) is 0 Å². The summed E-state index contributed by atoms with van der Waals surface area (Å²) in [5.74, 6) is 0.635. The lowest BCUT2D eigenvalue weighted by Gasteiger charge is -2.29. The van der Waals surface area contributed by atoms with Gasteiger partial charge in [-0.05, 0) is 25.7 Å². The monoisotopic (exact) mass is 270 g/mol. The van der Waals surface area contributed by atoms with Gasteiger partial charge in [0, 0.05) is 12.1 Å². The van der Waals surface area contributed by atoms with Gasteiger partial charge < -0.3 is 5.32 Å². The van der Waals surface area contributed by atoms with Crippen LogP contribution in [0.1, 0.15) is 44.9 Å². The van der Waals surface area contributed by atoms with Crippen molar-refractivity contribution in [3.05, 3.63) is 0 Å². The fourth-order valence-corrected chi connectivity index (χ4v) is 4.77. The molecule has 102 valence electrons. The van der Waals surface area contributed by atoms with Crippen LogP contribution >= 0.6 is 0 Å². The maximum atomic E-state index is 11.6. The van der Waals surface area contributed by atoms with Crippen LogP contribution in [0.4, 0.5) is 0 Å². The van der Waals surface area contributed by atoms with Crippen molar-refractivity contribution < 1.29 is 8.42 Å². The Bertz CT molecular complexity index is 413. The molecule has 1 heterocycles. The Morgan fingerprint density at radius 3 is 2.56 bits per heavy atom. The molecule has 0 radical (unpaired) electrons. The van der Waals surface area contributed by atoms with Crippen LogP contribution in [0.3, 0.4) is 0 Å². The summed E-state index contributed by atoms with van der Waals surface area (Å²) in [5.41, 5.74) is 0. The van der Waals surface area contributed by atoms with Gasteiger partial charge in [-0.2, -0.15) is 5.26 Å². The molecule has 0 aromatic rings. The van der Waals surface area contributed by atoms with E-state index in [-0.39, 0.29) is 23.8 Å². The van der Waals surface area contributed by atoms with E-state index in [2.05, 4.69) is 11.4 Å². The standard InChI is InChI=1S/C13H22N2O2S/c14-9-11-5-2-1-3-7-13(11)15-12-6-4-8-18(16,17)10-12/h11-13,15H,1-8,10H2. The van der Waals surface area contributed by atoms with Crippen LogP contribution < -0.4 is 5.32 Å². The molecule has 2 aliphatic rings. The van der Waals surface area contributed by atoms with E-state index in [4.69, 9.17) is 0 Å². The first-order chi connectivity index (χ1) is 8.61. The molecular weight excluding hydrogens is 248 g/mol. The molecule has 1 N–H and O–H groups in total. The highest BCUT2D eigenvalue weighted by atomic mass is 32.2. The number of nitrogens with one attached hydrogen (secondary N) is 1. The average molecular weight is 270 g/mol. The second-order valence-electron chi connectivity index (χ2n) is 5.60. The molecule has 3 atom stereocenters. The van der Waals surface area contributed by atoms with Crippen LogP contribution in [0, 0.1) is 17.2 Å². The molecule has 1 saturated heterocycles. The zero-order valence-corrected chi connectivity index (χ0v) is 11.6. The predicted octanol–water partition coefficient (Wildman–Crippen LogP) is 1.63. The molecule has 1 aliphatic heterocycles. The fourth-order valence-electron chi connectivity index (χ4n) is 3.12. The minimum Gasteiger partial charge on any atom is -0.309 e. The van der Waals surface area contributed by atoms with Crippen molar-refractivity contribution in [2.24, 2.45) is 5.92 Å². The van der Waals surface area contributed by atoms with Crippen molar-refractivity contribution in [2.75, 3.05) is 11.5 Å². The molecule has 2 fully saturated rings. The summed E-state index contributed by atoms with van der Waals surface area (Å²) in [6.07, 6.45) is 7.11. The zero-order valence-electron chi connectivity index (χ0n) is 10.8. The Balaban J connectivity index is 1.96. The molecule has 0 spiro atoms. The molecule has 5 heteroatoms. The lowest BCUT2D eigenvalue weighted by molar-refractivity contribution is 0.343. The third kappa shape index (κ3) is 3.69. The highest BCUT2D eigenvalue weighted by Gasteiger charge is 2.30. The lowest BCUT2D eigenvalue weighted by Crippen LogP contribution is -2.47. The molecule has 18 heavy (non-hydrogen) atoms. The van der Waals surface area contributed by atoms with Gasteiger partial charge in [0.2, 0.25) is 0 Å². The van der Waals surface area contributed by atoms with E-state index in [1.807, 2.05) is 0 Å². The topological polar surface area (TPSA) is 70.0 Å². The first-order valence-corrected chi connectivity index (χ1v) is 8.79. The minimum absolute atomic E-state index is 0.0529. The Labute approximate surface area is 110 Å². The first-order valence-electron chi connectivity index (χ1n) is 6.97. The van der Waals surface area contributed by atoms with Crippen molar-refractivity contribution >= 4 is 9.84 Å². The van der Waals surface area contributed by atoms with Crippen LogP contribution in [0.2, 0.25) is 0 Å². The average Bonchev–Trinajstić information content (AvgIpc) is 2.53. The van der Waals surface area contributed by atoms with Gasteiger partial charge in [-0.25, -0.2) is 8.42 Å². The molecular formula is C13H22N2O2S. The van der Waals surface area contributed by atoms with Crippen molar-refractivity contribution in [3.8, 4) is 6.07 Å². The van der Waals surface area contributed by atoms with Gasteiger partial charge in [-0.1, -0.05) is 19.3 Å². The van der Waals surface area contributed by atoms with E-state index in [0.717, 1.165) is 38.5 Å². The second kappa shape index (κ2) is 6.03. The number of nitriles is 1. The van der Waals surface area contributed by atoms with Gasteiger partial charge >= 0.3 is 0 Å². The molecule has 1 aliphatic carbocycles. The quantitative estimate of drug-likeness (QED) is 0.774. The van der Waals surface area contributed by atoms with E-state index in [0.29, 0.717) is 5.75 Å². The number of sulfone groups is 1. The SMILES string of the molecule is N#CC1CCCCCC1NC1CCCS(=O)(=O)C1. The summed E-state index contributed by atoms with van der Waals surface area (Å²) in [7, 11) is -2.86. The highest BCUT2D eigenvalue weighted by molar-refractivity contribution is 7.91. The van der Waals surface area contributed by atoms with Gasteiger partial charge in [0.1, 0.15) is 0 Å². The van der Waals surface area contributed by atoms with Gasteiger partial charge in [-0.15, -0.1) is 0 Å². The second-order valence-corrected chi connectivity index (χ2v) is 7.83. The van der Waals surface area contributed by atoms with Crippen LogP contribution in [0.15, 0.2) is 0 Å². The number of hydrogen-bond acceptors (Lipinski definition) is 4. The minimum atomic E-state index is -2.86. The molecule has 4 nitrogen and oxygen atoms in total. The predicted molar refractivity (Wildman–Crippen MR) is 70.8 cm³/mol. The molecule has 0 amide bonds. The lowest BCUT2D eigenvalue weighted by atomic mass is 9.95. The Morgan fingerprint density at radius 2 is 1.83 bits per heavy atom. The summed E-state index contributed by atoms with van der Waals surface area (Å²) < 4.78 is 23.2. The Morgan fingerprint density at radius 1 is 1.06 bits per heavy atom. The van der Waals surface area contributed by atoms with E-state index in [9.17, 15) is 13.7 Å². The zero-order chi connectivity index (χ0) is 13.0. The first kappa shape index (κ1) is 13.8. The fraction of sp³-hybridized carbons (Fsp3) is 0.923. The van der Waals surface area contributed by atoms with Crippen molar-refractivity contribution in [1.29, 1.82) is 5.26 Å². The van der Waals surface area contributed by atoms with Crippen molar-refractivity contribution in [2.45, 2.75) is 57.0 Å². The largest absolute Gasteiger partial charge is 0.309 e. The maximum Gasteiger partial charge on any atom is 0.151 e. The van der Waals surface area contributed by atoms with E-state index in [1.165, 1.54) is 6.42 Å². The molecule has 0 aromatic carbocycles. The summed E-state index contributed by atoms with van der Waals surface area (Å²) >= 11 is 0. The number of rotatable bonds is 2. The van der Waals surface area contributed by atoms with Crippen LogP contribution in [-0.2, 0) is 9.84 Å². The van der Waals surface area contributed by atoms with Gasteiger partial charge in [-0.3, -0.25) is 0 Å². The van der Waals surface area contributed by atoms with Crippen LogP contribution in [0.25, 0.3) is 0 Å². The smallest absolute Gasteiger partial charge is 0.151 e. The molecule has 0 aromatic heterocycles. The summed E-state index contributed by atoms with van der Waals surface area (Å²) in [4.78, 5) is 0. The Hall–Kier alpha value is -0.600. The maximum absolute atomic E-state index is 11.6. The van der Waals surface area contributed by atoms with E-state index >= 15 is 0 Å². The Kier molecular flexibility index (Phi) is 4.63. The van der Waals surface area contributed by atoms with Crippen LogP contribution in [-0.4, -0.2) is 32.0 Å². The van der Waals surface area contributed by atoms with Crippen LogP contribution in [0.5, 0.6) is 0 Å². The van der Waals surface area contributed by atoms with Gasteiger partial charge in [0.05, 0.1) is 23.5 Å². The number of nitrogens with zero attached hydrogens (tertiary/aromatic N) is 1.